The van der Waals surface area contributed by atoms with Crippen LogP contribution in [0, 0.1) is 0 Å². The van der Waals surface area contributed by atoms with Gasteiger partial charge >= 0.3 is 0 Å². The van der Waals surface area contributed by atoms with Gasteiger partial charge in [0.15, 0.2) is 0 Å². The molecule has 2 rings (SSSR count). The summed E-state index contributed by atoms with van der Waals surface area (Å²) < 4.78 is 27.7. The fraction of sp³-hybridized carbons (Fsp3) is 0.583. The number of hydrogen-bond acceptors (Lipinski definition) is 4. The molecular formula is C12H17BrClN3O2S. The Morgan fingerprint density at radius 1 is 1.45 bits per heavy atom. The van der Waals surface area contributed by atoms with Gasteiger partial charge in [-0.15, -0.1) is 0 Å². The van der Waals surface area contributed by atoms with E-state index in [-0.39, 0.29) is 16.1 Å². The Bertz CT molecular complexity index is 596. The van der Waals surface area contributed by atoms with Gasteiger partial charge in [-0.2, -0.15) is 4.31 Å². The SMILES string of the molecule is CC1CN(C)CCCN1S(=O)(=O)c1cc(Br)cnc1Cl. The number of halogens is 2. The smallest absolute Gasteiger partial charge is 0.246 e. The van der Waals surface area contributed by atoms with E-state index >= 15 is 0 Å². The van der Waals surface area contributed by atoms with Crippen LogP contribution in [0.1, 0.15) is 13.3 Å². The summed E-state index contributed by atoms with van der Waals surface area (Å²) in [7, 11) is -1.63. The van der Waals surface area contributed by atoms with Gasteiger partial charge in [0.25, 0.3) is 0 Å². The first kappa shape index (κ1) is 16.2. The summed E-state index contributed by atoms with van der Waals surface area (Å²) in [6, 6.07) is 1.41. The largest absolute Gasteiger partial charge is 0.305 e. The summed E-state index contributed by atoms with van der Waals surface area (Å²) in [5, 5.41) is 0.0120. The Morgan fingerprint density at radius 3 is 2.85 bits per heavy atom. The number of nitrogens with zero attached hydrogens (tertiary/aromatic N) is 3. The van der Waals surface area contributed by atoms with E-state index in [4.69, 9.17) is 11.6 Å². The molecule has 0 radical (unpaired) electrons. The summed E-state index contributed by atoms with van der Waals surface area (Å²) in [6.45, 7) is 4.01. The van der Waals surface area contributed by atoms with Gasteiger partial charge in [-0.25, -0.2) is 13.4 Å². The third-order valence-electron chi connectivity index (χ3n) is 3.35. The molecule has 0 aromatic carbocycles. The zero-order valence-corrected chi connectivity index (χ0v) is 14.5. The number of hydrogen-bond donors (Lipinski definition) is 0. The van der Waals surface area contributed by atoms with Crippen molar-refractivity contribution in [1.82, 2.24) is 14.2 Å². The third-order valence-corrected chi connectivity index (χ3v) is 6.22. The molecule has 20 heavy (non-hydrogen) atoms. The second-order valence-electron chi connectivity index (χ2n) is 5.02. The highest BCUT2D eigenvalue weighted by Gasteiger charge is 2.33. The number of sulfonamides is 1. The fourth-order valence-corrected chi connectivity index (χ4v) is 5.00. The minimum atomic E-state index is -3.63. The predicted octanol–water partition coefficient (Wildman–Crippen LogP) is 2.21. The van der Waals surface area contributed by atoms with Crippen molar-refractivity contribution in [1.29, 1.82) is 0 Å². The molecule has 0 saturated carbocycles. The Kier molecular flexibility index (Phi) is 5.07. The lowest BCUT2D eigenvalue weighted by Crippen LogP contribution is -2.42. The predicted molar refractivity (Wildman–Crippen MR) is 82.4 cm³/mol. The molecule has 0 amide bonds. The van der Waals surface area contributed by atoms with E-state index in [1.807, 2.05) is 14.0 Å². The first-order chi connectivity index (χ1) is 9.32. The molecule has 1 aliphatic rings. The Labute approximate surface area is 133 Å². The summed E-state index contributed by atoms with van der Waals surface area (Å²) in [5.74, 6) is 0. The first-order valence-corrected chi connectivity index (χ1v) is 8.95. The number of likely N-dealkylation sites (N-methyl/N-ethyl adjacent to an activating group) is 1. The molecule has 0 spiro atoms. The van der Waals surface area contributed by atoms with Crippen molar-refractivity contribution in [2.45, 2.75) is 24.3 Å². The van der Waals surface area contributed by atoms with Crippen LogP contribution in [0.3, 0.4) is 0 Å². The van der Waals surface area contributed by atoms with Crippen molar-refractivity contribution >= 4 is 37.6 Å². The number of pyridine rings is 1. The molecule has 0 aliphatic carbocycles. The van der Waals surface area contributed by atoms with Crippen LogP contribution in [0.5, 0.6) is 0 Å². The molecule has 1 aromatic heterocycles. The van der Waals surface area contributed by atoms with Gasteiger partial charge in [-0.3, -0.25) is 0 Å². The molecule has 1 aliphatic heterocycles. The van der Waals surface area contributed by atoms with E-state index in [0.29, 0.717) is 17.6 Å². The molecule has 1 unspecified atom stereocenters. The normalized spacial score (nSPS) is 22.7. The van der Waals surface area contributed by atoms with Crippen molar-refractivity contribution < 1.29 is 8.42 Å². The van der Waals surface area contributed by atoms with Crippen LogP contribution in [0.15, 0.2) is 21.6 Å². The highest BCUT2D eigenvalue weighted by molar-refractivity contribution is 9.10. The molecule has 0 N–H and O–H groups in total. The lowest BCUT2D eigenvalue weighted by atomic mass is 10.3. The standard InChI is InChI=1S/C12H17BrClN3O2S/c1-9-8-16(2)4-3-5-17(9)20(18,19)11-6-10(13)7-15-12(11)14/h6-7,9H,3-5,8H2,1-2H3. The maximum Gasteiger partial charge on any atom is 0.246 e. The van der Waals surface area contributed by atoms with Gasteiger partial charge in [0.2, 0.25) is 10.0 Å². The molecular weight excluding hydrogens is 366 g/mol. The molecule has 2 heterocycles. The number of rotatable bonds is 2. The van der Waals surface area contributed by atoms with Crippen LogP contribution in [0.25, 0.3) is 0 Å². The number of aromatic nitrogens is 1. The van der Waals surface area contributed by atoms with Crippen molar-refractivity contribution in [3.8, 4) is 0 Å². The van der Waals surface area contributed by atoms with Crippen LogP contribution in [-0.4, -0.2) is 55.3 Å². The lowest BCUT2D eigenvalue weighted by molar-refractivity contribution is 0.290. The van der Waals surface area contributed by atoms with Crippen LogP contribution >= 0.6 is 27.5 Å². The van der Waals surface area contributed by atoms with Gasteiger partial charge in [0.05, 0.1) is 0 Å². The zero-order valence-electron chi connectivity index (χ0n) is 11.4. The average Bonchev–Trinajstić information content (AvgIpc) is 2.53. The van der Waals surface area contributed by atoms with E-state index in [1.165, 1.54) is 16.6 Å². The summed E-state index contributed by atoms with van der Waals surface area (Å²) in [4.78, 5) is 6.11. The van der Waals surface area contributed by atoms with Gasteiger partial charge in [0, 0.05) is 29.8 Å². The molecule has 1 atom stereocenters. The molecule has 5 nitrogen and oxygen atoms in total. The molecule has 0 bridgehead atoms. The second-order valence-corrected chi connectivity index (χ2v) is 8.16. The van der Waals surface area contributed by atoms with E-state index in [9.17, 15) is 8.42 Å². The fourth-order valence-electron chi connectivity index (χ4n) is 2.42. The van der Waals surface area contributed by atoms with Gasteiger partial charge in [-0.1, -0.05) is 11.6 Å². The Balaban J connectivity index is 2.41. The molecule has 8 heteroatoms. The van der Waals surface area contributed by atoms with Crippen molar-refractivity contribution in [2.24, 2.45) is 0 Å². The van der Waals surface area contributed by atoms with Crippen LogP contribution in [-0.2, 0) is 10.0 Å². The Hall–Kier alpha value is -0.210. The molecule has 1 aromatic rings. The first-order valence-electron chi connectivity index (χ1n) is 6.34. The van der Waals surface area contributed by atoms with E-state index in [1.54, 1.807) is 0 Å². The highest BCUT2D eigenvalue weighted by Crippen LogP contribution is 2.28. The topological polar surface area (TPSA) is 53.5 Å². The molecule has 1 fully saturated rings. The third kappa shape index (κ3) is 3.33. The minimum Gasteiger partial charge on any atom is -0.305 e. The Morgan fingerprint density at radius 2 is 2.15 bits per heavy atom. The second kappa shape index (κ2) is 6.27. The van der Waals surface area contributed by atoms with Crippen molar-refractivity contribution in [3.63, 3.8) is 0 Å². The van der Waals surface area contributed by atoms with Crippen LogP contribution in [0.4, 0.5) is 0 Å². The van der Waals surface area contributed by atoms with E-state index < -0.39 is 10.0 Å². The van der Waals surface area contributed by atoms with Gasteiger partial charge in [-0.05, 0) is 48.9 Å². The molecule has 112 valence electrons. The van der Waals surface area contributed by atoms with Gasteiger partial charge in [0.1, 0.15) is 10.0 Å². The van der Waals surface area contributed by atoms with Crippen LogP contribution < -0.4 is 0 Å². The monoisotopic (exact) mass is 381 g/mol. The summed E-state index contributed by atoms with van der Waals surface area (Å²) >= 11 is 9.21. The van der Waals surface area contributed by atoms with Crippen LogP contribution in [0.2, 0.25) is 5.15 Å². The zero-order chi connectivity index (χ0) is 14.9. The quantitative estimate of drug-likeness (QED) is 0.736. The van der Waals surface area contributed by atoms with Gasteiger partial charge < -0.3 is 4.90 Å². The maximum atomic E-state index is 12.8. The lowest BCUT2D eigenvalue weighted by Gasteiger charge is -2.27. The summed E-state index contributed by atoms with van der Waals surface area (Å²) in [5.41, 5.74) is 0. The maximum absolute atomic E-state index is 12.8. The minimum absolute atomic E-state index is 0.0120. The molecule has 1 saturated heterocycles. The van der Waals surface area contributed by atoms with E-state index in [0.717, 1.165) is 13.0 Å². The van der Waals surface area contributed by atoms with Crippen molar-refractivity contribution in [3.05, 3.63) is 21.9 Å². The highest BCUT2D eigenvalue weighted by atomic mass is 79.9. The summed E-state index contributed by atoms with van der Waals surface area (Å²) in [6.07, 6.45) is 2.29. The average molecular weight is 383 g/mol. The van der Waals surface area contributed by atoms with Crippen molar-refractivity contribution in [2.75, 3.05) is 26.7 Å². The van der Waals surface area contributed by atoms with E-state index in [2.05, 4.69) is 25.8 Å².